The molecule has 2 aromatic carbocycles. The van der Waals surface area contributed by atoms with Crippen LogP contribution in [0.2, 0.25) is 0 Å². The monoisotopic (exact) mass is 607 g/mol. The van der Waals surface area contributed by atoms with Gasteiger partial charge in [0.05, 0.1) is 50.0 Å². The van der Waals surface area contributed by atoms with E-state index in [1.165, 1.54) is 11.3 Å². The summed E-state index contributed by atoms with van der Waals surface area (Å²) in [6.45, 7) is 2.13. The van der Waals surface area contributed by atoms with Crippen LogP contribution >= 0.6 is 0 Å². The first-order chi connectivity index (χ1) is 21.4. The third kappa shape index (κ3) is 11.4. The average molecular weight is 608 g/mol. The summed E-state index contributed by atoms with van der Waals surface area (Å²) >= 11 is 0. The van der Waals surface area contributed by atoms with Crippen LogP contribution in [0.5, 0.6) is 0 Å². The topological polar surface area (TPSA) is 188 Å². The van der Waals surface area contributed by atoms with Crippen molar-refractivity contribution in [2.24, 2.45) is 27.3 Å². The lowest BCUT2D eigenvalue weighted by Gasteiger charge is -2.18. The molecule has 1 aromatic heterocycles. The molecule has 234 valence electrons. The van der Waals surface area contributed by atoms with Crippen molar-refractivity contribution in [2.75, 3.05) is 44.1 Å². The van der Waals surface area contributed by atoms with Crippen molar-refractivity contribution in [3.05, 3.63) is 95.1 Å². The molecule has 44 heavy (non-hydrogen) atoms. The summed E-state index contributed by atoms with van der Waals surface area (Å²) in [7, 11) is 1.57. The van der Waals surface area contributed by atoms with E-state index in [9.17, 15) is 4.53 Å². The number of fused-ring (bicyclic) bond motifs is 1. The van der Waals surface area contributed by atoms with E-state index < -0.39 is 0 Å². The van der Waals surface area contributed by atoms with Crippen molar-refractivity contribution in [1.29, 1.82) is 0 Å². The number of rotatable bonds is 10. The number of hydrogen-bond acceptors (Lipinski definition) is 12. The lowest BCUT2D eigenvalue weighted by molar-refractivity contribution is -0.144. The second-order valence-corrected chi connectivity index (χ2v) is 9.42. The second kappa shape index (κ2) is 18.6. The highest BCUT2D eigenvalue weighted by molar-refractivity contribution is 6.11. The third-order valence-electron chi connectivity index (χ3n) is 6.03. The molecule has 1 amide bonds. The van der Waals surface area contributed by atoms with Crippen molar-refractivity contribution in [3.63, 3.8) is 0 Å². The smallest absolute Gasteiger partial charge is 0.204 e. The van der Waals surface area contributed by atoms with Crippen LogP contribution in [0.4, 0.5) is 21.6 Å². The summed E-state index contributed by atoms with van der Waals surface area (Å²) in [6, 6.07) is 17.2. The Balaban J connectivity index is 0.00000169. The number of carbonyl (C=O) groups is 1. The van der Waals surface area contributed by atoms with Gasteiger partial charge in [-0.3, -0.25) is 14.8 Å². The zero-order chi connectivity index (χ0) is 31.6. The quantitative estimate of drug-likeness (QED) is 0.130. The highest BCUT2D eigenvalue weighted by Crippen LogP contribution is 2.21. The molecule has 14 heteroatoms. The molecule has 2 heterocycles. The van der Waals surface area contributed by atoms with E-state index >= 15 is 0 Å². The molecule has 0 unspecified atom stereocenters. The fourth-order valence-corrected chi connectivity index (χ4v) is 4.08. The van der Waals surface area contributed by atoms with Gasteiger partial charge in [0.1, 0.15) is 18.8 Å². The second-order valence-electron chi connectivity index (χ2n) is 9.42. The fraction of sp³-hybridized carbons (Fsp3) is 0.267. The number of ether oxygens (including phenoxy) is 2. The number of nitrogens with two attached hydrogens (primary N) is 3. The number of nitrogens with zero attached hydrogens (tertiary/aromatic N) is 4. The molecule has 0 bridgehead atoms. The summed E-state index contributed by atoms with van der Waals surface area (Å²) in [4.78, 5) is 25.9. The summed E-state index contributed by atoms with van der Waals surface area (Å²) in [5.41, 5.74) is 16.5. The van der Waals surface area contributed by atoms with Gasteiger partial charge in [-0.1, -0.05) is 12.1 Å². The van der Waals surface area contributed by atoms with Gasteiger partial charge in [-0.05, 0) is 58.1 Å². The van der Waals surface area contributed by atoms with E-state index in [-0.39, 0.29) is 19.6 Å². The van der Waals surface area contributed by atoms with Crippen molar-refractivity contribution in [1.82, 2.24) is 9.99 Å². The highest BCUT2D eigenvalue weighted by atomic mass is 19.3. The Kier molecular flexibility index (Phi) is 14.2. The molecule has 0 atom stereocenters. The maximum absolute atomic E-state index is 12.1. The molecule has 4 rings (SSSR count). The van der Waals surface area contributed by atoms with Crippen molar-refractivity contribution >= 4 is 35.6 Å². The molecule has 13 nitrogen and oxygen atoms in total. The lowest BCUT2D eigenvalue weighted by atomic mass is 10.1. The average Bonchev–Trinajstić information content (AvgIpc) is 3.00. The number of primary amides is 1. The number of amides is 1. The van der Waals surface area contributed by atoms with Crippen LogP contribution in [-0.2, 0) is 38.8 Å². The van der Waals surface area contributed by atoms with Crippen LogP contribution in [0, 0.1) is 0 Å². The summed E-state index contributed by atoms with van der Waals surface area (Å²) in [6.07, 6.45) is 5.83. The number of carbonyl (C=O) groups excluding carboxylic acids is 1. The summed E-state index contributed by atoms with van der Waals surface area (Å²) in [5, 5.41) is 8.28. The number of hydrogen-bond donors (Lipinski definition) is 5. The van der Waals surface area contributed by atoms with Crippen LogP contribution in [0.1, 0.15) is 22.4 Å². The van der Waals surface area contributed by atoms with Gasteiger partial charge in [-0.15, -0.1) is 0 Å². The Hall–Kier alpha value is -4.89. The number of hydrazine groups is 1. The Morgan fingerprint density at radius 2 is 1.84 bits per heavy atom. The molecule has 0 saturated heterocycles. The van der Waals surface area contributed by atoms with E-state index in [0.29, 0.717) is 44.3 Å². The Bertz CT molecular complexity index is 1400. The normalized spacial score (nSPS) is 13.5. The van der Waals surface area contributed by atoms with Gasteiger partial charge in [-0.25, -0.2) is 10.8 Å². The van der Waals surface area contributed by atoms with Crippen molar-refractivity contribution in [2.45, 2.75) is 19.6 Å². The number of anilines is 3. The molecule has 8 N–H and O–H groups in total. The predicted molar refractivity (Wildman–Crippen MR) is 168 cm³/mol. The fourth-order valence-electron chi connectivity index (χ4n) is 4.08. The number of aliphatic imine (C=N–C) groups is 2. The molecular weight excluding hydrogens is 569 g/mol. The van der Waals surface area contributed by atoms with E-state index in [1.807, 2.05) is 42.5 Å². The first-order valence-electron chi connectivity index (χ1n) is 13.7. The van der Waals surface area contributed by atoms with Crippen LogP contribution in [0.25, 0.3) is 0 Å². The maximum atomic E-state index is 12.1. The van der Waals surface area contributed by atoms with Crippen LogP contribution < -0.4 is 27.9 Å². The zero-order valence-corrected chi connectivity index (χ0v) is 24.5. The lowest BCUT2D eigenvalue weighted by Crippen LogP contribution is -2.27. The minimum Gasteiger partial charge on any atom is -0.399 e. The molecule has 0 radical (unpaired) electrons. The molecule has 0 aliphatic carbocycles. The van der Waals surface area contributed by atoms with Gasteiger partial charge in [0.2, 0.25) is 6.41 Å². The third-order valence-corrected chi connectivity index (χ3v) is 6.03. The number of aromatic nitrogens is 1. The minimum absolute atomic E-state index is 0.0783. The van der Waals surface area contributed by atoms with Gasteiger partial charge in [0.15, 0.2) is 0 Å². The van der Waals surface area contributed by atoms with Gasteiger partial charge in [0, 0.05) is 42.9 Å². The molecule has 0 saturated carbocycles. The molecular formula is C30H38FN9O4. The van der Waals surface area contributed by atoms with E-state index in [1.54, 1.807) is 31.6 Å². The zero-order valence-electron chi connectivity index (χ0n) is 24.5. The Labute approximate surface area is 255 Å². The van der Waals surface area contributed by atoms with Crippen LogP contribution in [0.3, 0.4) is 0 Å². The maximum Gasteiger partial charge on any atom is 0.204 e. The number of halogens is 1. The van der Waals surface area contributed by atoms with Crippen LogP contribution in [0.15, 0.2) is 82.7 Å². The van der Waals surface area contributed by atoms with E-state index in [4.69, 9.17) is 30.8 Å². The predicted octanol–water partition coefficient (Wildman–Crippen LogP) is 2.91. The first-order valence-corrected chi connectivity index (χ1v) is 13.7. The summed E-state index contributed by atoms with van der Waals surface area (Å²) < 4.78 is 22.8. The minimum atomic E-state index is -0.0783. The standard InChI is InChI=1S/C29H35FN8O3.CH3NO/c1-39-19-24(31)17-38(32)16-22-14-28-27(34-15-22)10-12-40-13-11-33-20-35-29(37-28)23-4-8-26(9-5-23)36-25-6-2-21(3-7-25)18-41-30;2-1-3/h2-9,14-15,17,20,36H,10-13,16,18-19,31-32H2,1H3,(H,33,35,37);1H,(H2,2,3)/b24-17-;. The van der Waals surface area contributed by atoms with Crippen molar-refractivity contribution < 1.29 is 23.7 Å². The van der Waals surface area contributed by atoms with Crippen molar-refractivity contribution in [3.8, 4) is 0 Å². The molecule has 1 aliphatic heterocycles. The van der Waals surface area contributed by atoms with Gasteiger partial charge < -0.3 is 36.6 Å². The van der Waals surface area contributed by atoms with Gasteiger partial charge in [0.25, 0.3) is 0 Å². The number of benzene rings is 2. The van der Waals surface area contributed by atoms with E-state index in [0.717, 1.165) is 39.4 Å². The largest absolute Gasteiger partial charge is 0.399 e. The van der Waals surface area contributed by atoms with E-state index in [2.05, 4.69) is 31.3 Å². The number of amidine groups is 1. The Morgan fingerprint density at radius 1 is 1.14 bits per heavy atom. The molecule has 3 aromatic rings. The Morgan fingerprint density at radius 3 is 2.52 bits per heavy atom. The van der Waals surface area contributed by atoms with Gasteiger partial charge in [-0.2, -0.15) is 4.94 Å². The SMILES string of the molecule is COC/C(N)=C/N(N)Cc1cnc2c(c1)NC(c1ccc(Nc3ccc(COF)cc3)cc1)=NC=NCCOCC2.NC=O. The van der Waals surface area contributed by atoms with Gasteiger partial charge >= 0.3 is 0 Å². The number of methoxy groups -OCH3 is 1. The summed E-state index contributed by atoms with van der Waals surface area (Å²) in [5.74, 6) is 6.76. The number of pyridine rings is 1. The highest BCUT2D eigenvalue weighted by Gasteiger charge is 2.12. The van der Waals surface area contributed by atoms with Crippen LogP contribution in [-0.4, -0.2) is 62.1 Å². The molecule has 1 aliphatic rings. The number of nitrogens with one attached hydrogen (secondary N) is 2. The first kappa shape index (κ1) is 33.6. The molecule has 0 spiro atoms. The molecule has 0 fully saturated rings.